The molecule has 2 amide bonds. The molecule has 0 fully saturated rings. The monoisotopic (exact) mass is 275 g/mol. The molecule has 0 radical (unpaired) electrons. The number of hydrogen-bond donors (Lipinski definition) is 4. The van der Waals surface area contributed by atoms with E-state index in [0.29, 0.717) is 6.54 Å². The largest absolute Gasteiger partial charge is 0.479 e. The van der Waals surface area contributed by atoms with Gasteiger partial charge in [-0.25, -0.2) is 9.59 Å². The second kappa shape index (κ2) is 8.71. The molecule has 1 unspecified atom stereocenters. The van der Waals surface area contributed by atoms with Gasteiger partial charge < -0.3 is 25.7 Å². The minimum absolute atomic E-state index is 0.333. The molecule has 0 aliphatic rings. The summed E-state index contributed by atoms with van der Waals surface area (Å²) in [4.78, 5) is 24.2. The molecular weight excluding hydrogens is 250 g/mol. The molecule has 4 N–H and O–H groups in total. The topological polar surface area (TPSA) is 102 Å². The molecule has 112 valence electrons. The molecule has 0 aromatic carbocycles. The molecule has 19 heavy (non-hydrogen) atoms. The van der Waals surface area contributed by atoms with Gasteiger partial charge in [-0.05, 0) is 26.4 Å². The molecule has 0 aliphatic heterocycles. The molecule has 0 rings (SSSR count). The van der Waals surface area contributed by atoms with Gasteiger partial charge >= 0.3 is 12.0 Å². The van der Waals surface area contributed by atoms with E-state index in [1.165, 1.54) is 0 Å². The van der Waals surface area contributed by atoms with Crippen LogP contribution in [0.25, 0.3) is 0 Å². The van der Waals surface area contributed by atoms with E-state index >= 15 is 0 Å². The lowest BCUT2D eigenvalue weighted by molar-refractivity contribution is -0.155. The van der Waals surface area contributed by atoms with Gasteiger partial charge in [0.15, 0.2) is 5.60 Å². The van der Waals surface area contributed by atoms with E-state index in [4.69, 9.17) is 5.11 Å². The number of carbonyl (C=O) groups is 2. The van der Waals surface area contributed by atoms with Crippen molar-refractivity contribution in [2.75, 3.05) is 32.7 Å². The zero-order valence-corrected chi connectivity index (χ0v) is 11.9. The normalized spacial score (nSPS) is 13.9. The van der Waals surface area contributed by atoms with E-state index in [0.717, 1.165) is 33.0 Å². The lowest BCUT2D eigenvalue weighted by atomic mass is 10.1. The quantitative estimate of drug-likeness (QED) is 0.469. The zero-order chi connectivity index (χ0) is 14.9. The number of likely N-dealkylation sites (N-methyl/N-ethyl adjacent to an activating group) is 1. The van der Waals surface area contributed by atoms with Crippen molar-refractivity contribution in [3.8, 4) is 0 Å². The fraction of sp³-hybridized carbons (Fsp3) is 0.833. The van der Waals surface area contributed by atoms with Crippen LogP contribution in [-0.4, -0.2) is 65.4 Å². The predicted octanol–water partition coefficient (Wildman–Crippen LogP) is -0.147. The molecule has 0 bridgehead atoms. The molecule has 0 aromatic rings. The highest BCUT2D eigenvalue weighted by Gasteiger charge is 2.30. The number of aliphatic hydroxyl groups is 1. The zero-order valence-electron chi connectivity index (χ0n) is 11.9. The minimum Gasteiger partial charge on any atom is -0.479 e. The maximum absolute atomic E-state index is 11.4. The number of amides is 2. The first-order valence-electron chi connectivity index (χ1n) is 6.53. The van der Waals surface area contributed by atoms with Gasteiger partial charge in [0.1, 0.15) is 0 Å². The van der Waals surface area contributed by atoms with Crippen molar-refractivity contribution in [3.05, 3.63) is 0 Å². The number of carboxylic acids is 1. The van der Waals surface area contributed by atoms with E-state index in [1.807, 2.05) is 0 Å². The number of carboxylic acid groups (broad SMARTS) is 1. The molecule has 7 heteroatoms. The summed E-state index contributed by atoms with van der Waals surface area (Å²) >= 11 is 0. The van der Waals surface area contributed by atoms with Gasteiger partial charge in [0, 0.05) is 13.1 Å². The number of urea groups is 1. The van der Waals surface area contributed by atoms with Crippen molar-refractivity contribution >= 4 is 12.0 Å². The Bertz CT molecular complexity index is 295. The Morgan fingerprint density at radius 3 is 2.32 bits per heavy atom. The molecule has 0 saturated heterocycles. The Morgan fingerprint density at radius 2 is 1.84 bits per heavy atom. The van der Waals surface area contributed by atoms with E-state index in [9.17, 15) is 14.7 Å². The number of aliphatic carboxylic acids is 1. The number of nitrogens with one attached hydrogen (secondary N) is 2. The van der Waals surface area contributed by atoms with Crippen LogP contribution in [0.4, 0.5) is 4.79 Å². The van der Waals surface area contributed by atoms with Crippen LogP contribution >= 0.6 is 0 Å². The van der Waals surface area contributed by atoms with Gasteiger partial charge in [-0.2, -0.15) is 0 Å². The molecule has 1 atom stereocenters. The van der Waals surface area contributed by atoms with Gasteiger partial charge in [0.25, 0.3) is 0 Å². The lowest BCUT2D eigenvalue weighted by Gasteiger charge is -2.21. The number of hydrogen-bond acceptors (Lipinski definition) is 4. The third-order valence-electron chi connectivity index (χ3n) is 2.75. The van der Waals surface area contributed by atoms with Crippen molar-refractivity contribution in [2.24, 2.45) is 0 Å². The second-order valence-electron chi connectivity index (χ2n) is 4.62. The first-order chi connectivity index (χ1) is 8.83. The van der Waals surface area contributed by atoms with Crippen LogP contribution in [0.3, 0.4) is 0 Å². The second-order valence-corrected chi connectivity index (χ2v) is 4.62. The smallest absolute Gasteiger partial charge is 0.337 e. The summed E-state index contributed by atoms with van der Waals surface area (Å²) in [6, 6.07) is -0.478. The Balaban J connectivity index is 3.85. The summed E-state index contributed by atoms with van der Waals surface area (Å²) in [5.74, 6) is -1.37. The Morgan fingerprint density at radius 1 is 1.21 bits per heavy atom. The molecule has 0 aliphatic carbocycles. The summed E-state index contributed by atoms with van der Waals surface area (Å²) in [5, 5.41) is 23.0. The Hall–Kier alpha value is -1.34. The molecular formula is C12H25N3O4. The van der Waals surface area contributed by atoms with Crippen LogP contribution in [0.5, 0.6) is 0 Å². The highest BCUT2D eigenvalue weighted by Crippen LogP contribution is 2.00. The van der Waals surface area contributed by atoms with Crippen LogP contribution in [0.2, 0.25) is 0 Å². The fourth-order valence-electron chi connectivity index (χ4n) is 1.46. The third kappa shape index (κ3) is 7.63. The Kier molecular flexibility index (Phi) is 8.09. The van der Waals surface area contributed by atoms with E-state index in [-0.39, 0.29) is 6.54 Å². The summed E-state index contributed by atoms with van der Waals surface area (Å²) in [5.41, 5.74) is -1.95. The highest BCUT2D eigenvalue weighted by molar-refractivity contribution is 5.79. The SMILES string of the molecule is CCCN(CC)CCNC(=O)NCC(C)(O)C(=O)O. The van der Waals surface area contributed by atoms with Crippen molar-refractivity contribution < 1.29 is 19.8 Å². The van der Waals surface area contributed by atoms with E-state index < -0.39 is 17.6 Å². The third-order valence-corrected chi connectivity index (χ3v) is 2.75. The maximum atomic E-state index is 11.4. The minimum atomic E-state index is -1.95. The van der Waals surface area contributed by atoms with Gasteiger partial charge in [0.2, 0.25) is 0 Å². The summed E-state index contributed by atoms with van der Waals surface area (Å²) in [7, 11) is 0. The van der Waals surface area contributed by atoms with E-state index in [2.05, 4.69) is 29.4 Å². The van der Waals surface area contributed by atoms with Crippen molar-refractivity contribution in [2.45, 2.75) is 32.8 Å². The lowest BCUT2D eigenvalue weighted by Crippen LogP contribution is -2.49. The molecule has 0 saturated carbocycles. The molecule has 7 nitrogen and oxygen atoms in total. The van der Waals surface area contributed by atoms with Crippen molar-refractivity contribution in [3.63, 3.8) is 0 Å². The van der Waals surface area contributed by atoms with Gasteiger partial charge in [-0.15, -0.1) is 0 Å². The first-order valence-corrected chi connectivity index (χ1v) is 6.53. The summed E-state index contributed by atoms with van der Waals surface area (Å²) < 4.78 is 0. The van der Waals surface area contributed by atoms with Gasteiger partial charge in [0.05, 0.1) is 6.54 Å². The summed E-state index contributed by atoms with van der Waals surface area (Å²) in [6.07, 6.45) is 1.06. The van der Waals surface area contributed by atoms with Crippen LogP contribution in [-0.2, 0) is 4.79 Å². The Labute approximate surface area is 114 Å². The van der Waals surface area contributed by atoms with Crippen LogP contribution in [0.15, 0.2) is 0 Å². The number of nitrogens with zero attached hydrogens (tertiary/aromatic N) is 1. The average molecular weight is 275 g/mol. The number of rotatable bonds is 9. The first kappa shape index (κ1) is 17.7. The number of carbonyl (C=O) groups excluding carboxylic acids is 1. The molecule has 0 aromatic heterocycles. The predicted molar refractivity (Wildman–Crippen MR) is 72.1 cm³/mol. The highest BCUT2D eigenvalue weighted by atomic mass is 16.4. The van der Waals surface area contributed by atoms with Gasteiger partial charge in [-0.1, -0.05) is 13.8 Å². The van der Waals surface area contributed by atoms with Crippen LogP contribution in [0, 0.1) is 0 Å². The van der Waals surface area contributed by atoms with Crippen molar-refractivity contribution in [1.82, 2.24) is 15.5 Å². The van der Waals surface area contributed by atoms with Crippen LogP contribution in [0.1, 0.15) is 27.2 Å². The molecule has 0 heterocycles. The average Bonchev–Trinajstić information content (AvgIpc) is 2.35. The standard InChI is InChI=1S/C12H25N3O4/c1-4-7-15(5-2)8-6-13-11(18)14-9-12(3,19)10(16)17/h19H,4-9H2,1-3H3,(H,16,17)(H2,13,14,18). The maximum Gasteiger partial charge on any atom is 0.337 e. The summed E-state index contributed by atoms with van der Waals surface area (Å²) in [6.45, 7) is 8.08. The van der Waals surface area contributed by atoms with E-state index in [1.54, 1.807) is 0 Å². The fourth-order valence-corrected chi connectivity index (χ4v) is 1.46. The van der Waals surface area contributed by atoms with Crippen molar-refractivity contribution in [1.29, 1.82) is 0 Å². The van der Waals surface area contributed by atoms with Crippen LogP contribution < -0.4 is 10.6 Å². The van der Waals surface area contributed by atoms with Gasteiger partial charge in [-0.3, -0.25) is 0 Å². The molecule has 0 spiro atoms.